The second-order valence-corrected chi connectivity index (χ2v) is 6.40. The molecule has 0 bridgehead atoms. The first kappa shape index (κ1) is 13.8. The number of rotatable bonds is 1. The average Bonchev–Trinajstić information content (AvgIpc) is 2.63. The van der Waals surface area contributed by atoms with Crippen LogP contribution in [0, 0.1) is 13.8 Å². The van der Waals surface area contributed by atoms with Crippen molar-refractivity contribution in [2.24, 2.45) is 0 Å². The maximum absolute atomic E-state index is 12.8. The molecule has 1 nitrogen and oxygen atoms in total. The van der Waals surface area contributed by atoms with Crippen molar-refractivity contribution in [3.63, 3.8) is 0 Å². The Morgan fingerprint density at radius 3 is 2.24 bits per heavy atom. The van der Waals surface area contributed by atoms with E-state index in [-0.39, 0.29) is 11.2 Å². The van der Waals surface area contributed by atoms with Crippen molar-refractivity contribution in [3.8, 4) is 0 Å². The maximum Gasteiger partial charge on any atom is 0.190 e. The van der Waals surface area contributed by atoms with E-state index in [1.165, 1.54) is 11.1 Å². The third-order valence-electron chi connectivity index (χ3n) is 4.58. The number of aryl methyl sites for hydroxylation is 2. The molecule has 2 aromatic rings. The smallest absolute Gasteiger partial charge is 0.190 e. The van der Waals surface area contributed by atoms with Crippen molar-refractivity contribution in [3.05, 3.63) is 75.9 Å². The van der Waals surface area contributed by atoms with E-state index >= 15 is 0 Å². The molecule has 0 amide bonds. The van der Waals surface area contributed by atoms with Gasteiger partial charge in [0.2, 0.25) is 0 Å². The SMILES string of the molecule is Cc1cc2c(cc1C)C(C)(C)/C(=C\c1ccccc1)C2=O. The summed E-state index contributed by atoms with van der Waals surface area (Å²) in [6.07, 6.45) is 2.03. The van der Waals surface area contributed by atoms with Gasteiger partial charge in [0.1, 0.15) is 0 Å². The molecule has 0 saturated heterocycles. The van der Waals surface area contributed by atoms with Crippen molar-refractivity contribution in [1.29, 1.82) is 0 Å². The van der Waals surface area contributed by atoms with Crippen molar-refractivity contribution in [2.75, 3.05) is 0 Å². The maximum atomic E-state index is 12.8. The molecular formula is C20H20O. The zero-order valence-electron chi connectivity index (χ0n) is 13.0. The molecule has 3 rings (SSSR count). The fraction of sp³-hybridized carbons (Fsp3) is 0.250. The summed E-state index contributed by atoms with van der Waals surface area (Å²) in [6.45, 7) is 8.45. The Labute approximate surface area is 126 Å². The van der Waals surface area contributed by atoms with Gasteiger partial charge in [-0.15, -0.1) is 0 Å². The monoisotopic (exact) mass is 276 g/mol. The highest BCUT2D eigenvalue weighted by atomic mass is 16.1. The first-order valence-corrected chi connectivity index (χ1v) is 7.35. The van der Waals surface area contributed by atoms with Crippen LogP contribution in [0.3, 0.4) is 0 Å². The molecule has 0 aromatic heterocycles. The summed E-state index contributed by atoms with van der Waals surface area (Å²) in [7, 11) is 0. The molecule has 1 heteroatoms. The highest BCUT2D eigenvalue weighted by Crippen LogP contribution is 2.44. The molecule has 2 aromatic carbocycles. The lowest BCUT2D eigenvalue weighted by Crippen LogP contribution is -2.17. The quantitative estimate of drug-likeness (QED) is 0.680. The number of Topliss-reactive ketones (excluding diaryl/α,β-unsaturated/α-hetero) is 1. The topological polar surface area (TPSA) is 17.1 Å². The number of benzene rings is 2. The Morgan fingerprint density at radius 1 is 0.952 bits per heavy atom. The van der Waals surface area contributed by atoms with Gasteiger partial charge >= 0.3 is 0 Å². The van der Waals surface area contributed by atoms with Crippen molar-refractivity contribution in [2.45, 2.75) is 33.1 Å². The summed E-state index contributed by atoms with van der Waals surface area (Å²) >= 11 is 0. The van der Waals surface area contributed by atoms with E-state index in [1.807, 2.05) is 42.5 Å². The van der Waals surface area contributed by atoms with E-state index in [9.17, 15) is 4.79 Å². The van der Waals surface area contributed by atoms with Crippen molar-refractivity contribution in [1.82, 2.24) is 0 Å². The highest BCUT2D eigenvalue weighted by molar-refractivity contribution is 6.17. The molecule has 0 aliphatic heterocycles. The minimum Gasteiger partial charge on any atom is -0.289 e. The van der Waals surface area contributed by atoms with Crippen LogP contribution in [-0.4, -0.2) is 5.78 Å². The largest absolute Gasteiger partial charge is 0.289 e. The molecule has 106 valence electrons. The van der Waals surface area contributed by atoms with Gasteiger partial charge in [0, 0.05) is 16.6 Å². The Bertz CT molecular complexity index is 749. The van der Waals surface area contributed by atoms with Gasteiger partial charge in [0.15, 0.2) is 5.78 Å². The van der Waals surface area contributed by atoms with E-state index in [4.69, 9.17) is 0 Å². The van der Waals surface area contributed by atoms with Crippen molar-refractivity contribution < 1.29 is 4.79 Å². The van der Waals surface area contributed by atoms with Crippen LogP contribution in [0.25, 0.3) is 6.08 Å². The van der Waals surface area contributed by atoms with Crippen molar-refractivity contribution >= 4 is 11.9 Å². The van der Waals surface area contributed by atoms with Gasteiger partial charge in [-0.3, -0.25) is 4.79 Å². The normalized spacial score (nSPS) is 18.1. The second-order valence-electron chi connectivity index (χ2n) is 6.40. The lowest BCUT2D eigenvalue weighted by Gasteiger charge is -2.21. The molecule has 21 heavy (non-hydrogen) atoms. The predicted octanol–water partition coefficient (Wildman–Crippen LogP) is 4.86. The van der Waals surface area contributed by atoms with Crippen LogP contribution in [0.2, 0.25) is 0 Å². The lowest BCUT2D eigenvalue weighted by molar-refractivity contribution is 0.103. The Balaban J connectivity index is 2.19. The van der Waals surface area contributed by atoms with Gasteiger partial charge in [0.25, 0.3) is 0 Å². The minimum absolute atomic E-state index is 0.168. The molecule has 0 saturated carbocycles. The van der Waals surface area contributed by atoms with Crippen LogP contribution in [0.4, 0.5) is 0 Å². The Kier molecular flexibility index (Phi) is 3.09. The van der Waals surface area contributed by atoms with Crippen LogP contribution >= 0.6 is 0 Å². The van der Waals surface area contributed by atoms with E-state index in [0.717, 1.165) is 22.3 Å². The van der Waals surface area contributed by atoms with E-state index in [2.05, 4.69) is 33.8 Å². The molecule has 1 aliphatic rings. The molecule has 0 fully saturated rings. The first-order chi connectivity index (χ1) is 9.91. The second kappa shape index (κ2) is 4.70. The van der Waals surface area contributed by atoms with Gasteiger partial charge in [0.05, 0.1) is 0 Å². The third-order valence-corrected chi connectivity index (χ3v) is 4.58. The summed E-state index contributed by atoms with van der Waals surface area (Å²) < 4.78 is 0. The minimum atomic E-state index is -0.235. The predicted molar refractivity (Wildman–Crippen MR) is 87.7 cm³/mol. The molecule has 0 radical (unpaired) electrons. The van der Waals surface area contributed by atoms with Crippen LogP contribution in [0.5, 0.6) is 0 Å². The van der Waals surface area contributed by atoms with Crippen LogP contribution < -0.4 is 0 Å². The number of allylic oxidation sites excluding steroid dienone is 1. The standard InChI is InChI=1S/C20H20O/c1-13-10-16-17(11-14(13)2)20(3,4)18(19(16)21)12-15-8-6-5-7-9-15/h5-12H,1-4H3/b18-12-. The van der Waals surface area contributed by atoms with Gasteiger partial charge in [-0.05, 0) is 48.2 Å². The summed E-state index contributed by atoms with van der Waals surface area (Å²) in [5, 5.41) is 0. The summed E-state index contributed by atoms with van der Waals surface area (Å²) in [4.78, 5) is 12.8. The van der Waals surface area contributed by atoms with E-state index < -0.39 is 0 Å². The molecule has 0 unspecified atom stereocenters. The first-order valence-electron chi connectivity index (χ1n) is 7.35. The van der Waals surface area contributed by atoms with Crippen LogP contribution in [-0.2, 0) is 5.41 Å². The zero-order chi connectivity index (χ0) is 15.2. The third kappa shape index (κ3) is 2.13. The van der Waals surface area contributed by atoms with Gasteiger partial charge < -0.3 is 0 Å². The van der Waals surface area contributed by atoms with Gasteiger partial charge in [-0.25, -0.2) is 0 Å². The average molecular weight is 276 g/mol. The Morgan fingerprint density at radius 2 is 1.57 bits per heavy atom. The molecule has 0 N–H and O–H groups in total. The van der Waals surface area contributed by atoms with E-state index in [0.29, 0.717) is 0 Å². The highest BCUT2D eigenvalue weighted by Gasteiger charge is 2.41. The zero-order valence-corrected chi connectivity index (χ0v) is 13.0. The fourth-order valence-electron chi connectivity index (χ4n) is 3.06. The summed E-state index contributed by atoms with van der Waals surface area (Å²) in [6, 6.07) is 14.3. The number of hydrogen-bond acceptors (Lipinski definition) is 1. The van der Waals surface area contributed by atoms with E-state index in [1.54, 1.807) is 0 Å². The number of fused-ring (bicyclic) bond motifs is 1. The summed E-state index contributed by atoms with van der Waals surface area (Å²) in [5.74, 6) is 0.168. The lowest BCUT2D eigenvalue weighted by atomic mass is 9.81. The molecule has 0 heterocycles. The number of ketones is 1. The number of carbonyl (C=O) groups is 1. The van der Waals surface area contributed by atoms with Crippen LogP contribution in [0.15, 0.2) is 48.0 Å². The van der Waals surface area contributed by atoms with Gasteiger partial charge in [-0.1, -0.05) is 50.2 Å². The fourth-order valence-corrected chi connectivity index (χ4v) is 3.06. The number of carbonyl (C=O) groups excluding carboxylic acids is 1. The number of hydrogen-bond donors (Lipinski definition) is 0. The molecular weight excluding hydrogens is 256 g/mol. The molecule has 0 atom stereocenters. The molecule has 0 spiro atoms. The Hall–Kier alpha value is -2.15. The van der Waals surface area contributed by atoms with Crippen LogP contribution in [0.1, 0.15) is 46.5 Å². The summed E-state index contributed by atoms with van der Waals surface area (Å²) in [5.41, 5.74) is 6.17. The molecule has 1 aliphatic carbocycles. The van der Waals surface area contributed by atoms with Gasteiger partial charge in [-0.2, -0.15) is 0 Å².